The Morgan fingerprint density at radius 1 is 0.517 bits per heavy atom. The van der Waals surface area contributed by atoms with Gasteiger partial charge in [-0.05, 0) is 205 Å². The highest BCUT2D eigenvalue weighted by molar-refractivity contribution is 6.22. The predicted octanol–water partition coefficient (Wildman–Crippen LogP) is 11.5. The molecule has 5 N–H and O–H groups in total. The number of amides is 6. The molecule has 6 amide bonds. The lowest BCUT2D eigenvalue weighted by molar-refractivity contribution is -0.135. The molecule has 18 nitrogen and oxygen atoms in total. The Morgan fingerprint density at radius 2 is 0.828 bits per heavy atom. The molecule has 0 spiro atoms. The molecule has 3 fully saturated rings. The average molecular weight is 1200 g/mol. The molecule has 5 aromatic rings. The highest BCUT2D eigenvalue weighted by Gasteiger charge is 2.36. The van der Waals surface area contributed by atoms with Gasteiger partial charge in [-0.1, -0.05) is 60.7 Å². The van der Waals surface area contributed by atoms with E-state index in [4.69, 9.17) is 44.5 Å². The number of hydrogen-bond acceptors (Lipinski definition) is 14. The van der Waals surface area contributed by atoms with Crippen LogP contribution in [0.1, 0.15) is 191 Å². The number of urea groups is 1. The minimum Gasteiger partial charge on any atom is -0.396 e. The molecular weight excluding hydrogens is 1110 g/mol. The molecule has 6 atom stereocenters. The monoisotopic (exact) mass is 1200 g/mol. The number of benzene rings is 5. The highest BCUT2D eigenvalue weighted by Crippen LogP contribution is 2.38. The van der Waals surface area contributed by atoms with Crippen LogP contribution < -0.4 is 11.1 Å². The molecule has 0 aromatic heterocycles. The van der Waals surface area contributed by atoms with Crippen molar-refractivity contribution >= 4 is 29.7 Å². The number of hydroxylamine groups is 2. The van der Waals surface area contributed by atoms with Crippen LogP contribution in [0.2, 0.25) is 0 Å². The molecule has 0 aliphatic carbocycles. The second-order valence-corrected chi connectivity index (χ2v) is 23.1. The van der Waals surface area contributed by atoms with Gasteiger partial charge in [-0.2, -0.15) is 0 Å². The molecule has 0 saturated carbocycles. The van der Waals surface area contributed by atoms with Gasteiger partial charge >= 0.3 is 6.03 Å². The number of imide groups is 2. The Balaban J connectivity index is 0.000000170. The van der Waals surface area contributed by atoms with Crippen LogP contribution in [0.3, 0.4) is 0 Å². The average Bonchev–Trinajstić information content (AvgIpc) is 1.95. The van der Waals surface area contributed by atoms with E-state index in [-0.39, 0.29) is 74.0 Å². The van der Waals surface area contributed by atoms with E-state index in [9.17, 15) is 24.0 Å². The van der Waals surface area contributed by atoms with Gasteiger partial charge < -0.3 is 44.6 Å². The third kappa shape index (κ3) is 18.0. The van der Waals surface area contributed by atoms with Crippen molar-refractivity contribution in [3.05, 3.63) is 174 Å². The number of hydrogen-bond donors (Lipinski definition) is 4. The number of nitrogens with zero attached hydrogens (tertiary/aromatic N) is 3. The lowest BCUT2D eigenvalue weighted by Crippen LogP contribution is -2.35. The van der Waals surface area contributed by atoms with Gasteiger partial charge in [-0.25, -0.2) is 9.86 Å². The Labute approximate surface area is 513 Å². The number of carbonyl (C=O) groups excluding carboxylic acids is 5. The van der Waals surface area contributed by atoms with Gasteiger partial charge in [0.2, 0.25) is 0 Å². The number of aliphatic hydroxyl groups excluding tert-OH is 1. The maximum Gasteiger partial charge on any atom is 0.340 e. The summed E-state index contributed by atoms with van der Waals surface area (Å²) in [7, 11) is 1.28. The Morgan fingerprint density at radius 3 is 1.14 bits per heavy atom. The summed E-state index contributed by atoms with van der Waals surface area (Å²) in [5.41, 5.74) is 22.9. The molecule has 5 aliphatic heterocycles. The number of aryl methyl sites for hydroxylation is 6. The van der Waals surface area contributed by atoms with Gasteiger partial charge in [0.1, 0.15) is 0 Å². The van der Waals surface area contributed by atoms with Crippen LogP contribution in [0, 0.1) is 62.3 Å². The topological polar surface area (TPSA) is 229 Å². The van der Waals surface area contributed by atoms with Crippen LogP contribution in [-0.2, 0) is 28.4 Å². The highest BCUT2D eigenvalue weighted by atomic mass is 16.7. The summed E-state index contributed by atoms with van der Waals surface area (Å²) in [6.45, 7) is 22.7. The first kappa shape index (κ1) is 67.8. The molecular formula is C69H91N5O13. The van der Waals surface area contributed by atoms with E-state index >= 15 is 0 Å². The zero-order valence-electron chi connectivity index (χ0n) is 52.6. The van der Waals surface area contributed by atoms with Gasteiger partial charge in [0, 0.05) is 52.6 Å². The van der Waals surface area contributed by atoms with Crippen molar-refractivity contribution in [3.8, 4) is 0 Å². The summed E-state index contributed by atoms with van der Waals surface area (Å²) in [5, 5.41) is 20.7. The van der Waals surface area contributed by atoms with Crippen LogP contribution >= 0.6 is 0 Å². The summed E-state index contributed by atoms with van der Waals surface area (Å²) in [4.78, 5) is 61.9. The van der Waals surface area contributed by atoms with Crippen LogP contribution in [0.15, 0.2) is 84.9 Å². The van der Waals surface area contributed by atoms with E-state index in [2.05, 4.69) is 104 Å². The largest absolute Gasteiger partial charge is 0.396 e. The van der Waals surface area contributed by atoms with E-state index in [1.807, 2.05) is 0 Å². The molecule has 5 aliphatic rings. The van der Waals surface area contributed by atoms with Gasteiger partial charge in [-0.3, -0.25) is 34.2 Å². The molecule has 87 heavy (non-hydrogen) atoms. The van der Waals surface area contributed by atoms with Crippen LogP contribution in [-0.4, -0.2) is 133 Å². The summed E-state index contributed by atoms with van der Waals surface area (Å²) >= 11 is 0. The van der Waals surface area contributed by atoms with E-state index in [1.54, 1.807) is 48.5 Å². The van der Waals surface area contributed by atoms with E-state index in [0.717, 1.165) is 44.9 Å². The van der Waals surface area contributed by atoms with Crippen molar-refractivity contribution in [2.24, 2.45) is 5.73 Å². The second-order valence-electron chi connectivity index (χ2n) is 23.1. The van der Waals surface area contributed by atoms with Crippen LogP contribution in [0.25, 0.3) is 0 Å². The first-order valence-corrected chi connectivity index (χ1v) is 30.7. The van der Waals surface area contributed by atoms with Gasteiger partial charge in [0.05, 0.1) is 60.4 Å². The molecule has 470 valence electrons. The lowest BCUT2D eigenvalue weighted by Gasteiger charge is -2.18. The number of nitrogens with one attached hydrogen (secondary N) is 1. The number of ether oxygens (including phenoxy) is 6. The molecule has 0 bridgehead atoms. The molecule has 6 unspecified atom stereocenters. The summed E-state index contributed by atoms with van der Waals surface area (Å²) < 4.78 is 35.4. The zero-order valence-corrected chi connectivity index (χ0v) is 52.6. The van der Waals surface area contributed by atoms with Gasteiger partial charge in [0.15, 0.2) is 18.9 Å². The zero-order chi connectivity index (χ0) is 62.9. The normalized spacial score (nSPS) is 20.1. The van der Waals surface area contributed by atoms with Crippen molar-refractivity contribution in [2.45, 2.75) is 164 Å². The minimum absolute atomic E-state index is 0.0204. The second kappa shape index (κ2) is 32.5. The van der Waals surface area contributed by atoms with Crippen LogP contribution in [0.4, 0.5) is 4.79 Å². The fourth-order valence-electron chi connectivity index (χ4n) is 11.1. The summed E-state index contributed by atoms with van der Waals surface area (Å²) in [6.07, 6.45) is 8.08. The lowest BCUT2D eigenvalue weighted by atomic mass is 9.97. The smallest absolute Gasteiger partial charge is 0.340 e. The van der Waals surface area contributed by atoms with E-state index in [1.165, 1.54) is 83.6 Å². The van der Waals surface area contributed by atoms with E-state index in [0.29, 0.717) is 86.0 Å². The molecule has 18 heteroatoms. The first-order chi connectivity index (χ1) is 41.7. The van der Waals surface area contributed by atoms with Crippen molar-refractivity contribution in [1.82, 2.24) is 20.2 Å². The number of fused-ring (bicyclic) bond motifs is 2. The first-order valence-electron chi connectivity index (χ1n) is 30.7. The fourth-order valence-corrected chi connectivity index (χ4v) is 11.1. The molecule has 5 heterocycles. The van der Waals surface area contributed by atoms with Crippen molar-refractivity contribution in [2.75, 3.05) is 59.7 Å². The van der Waals surface area contributed by atoms with Crippen molar-refractivity contribution in [1.29, 1.82) is 0 Å². The number of rotatable bonds is 20. The van der Waals surface area contributed by atoms with Crippen LogP contribution in [0.5, 0.6) is 0 Å². The number of nitrogens with two attached hydrogens (primary N) is 1. The maximum absolute atomic E-state index is 12.4. The van der Waals surface area contributed by atoms with Crippen molar-refractivity contribution in [3.63, 3.8) is 0 Å². The third-order valence-corrected chi connectivity index (χ3v) is 16.9. The molecule has 5 aromatic carbocycles. The fraction of sp³-hybridized carbons (Fsp3) is 0.493. The Hall–Kier alpha value is -6.71. The molecule has 10 rings (SSSR count). The molecule has 0 radical (unpaired) electrons. The molecule has 3 saturated heterocycles. The Bertz CT molecular complexity index is 3040. The SMILES string of the molecule is Cc1cc(C2CCC(OCCCN)O2)cc(C)c1C.Cc1cc(C2CCC(OCCCN3C(=O)c4ccccc4C3=O)O2)cc(C)c1C.Cc1cc(C2CCC(OCCCNC(=O)N(C)O)O2)cc(C)c1C.O=C1c2ccccc2C(=O)N1CCCO. The summed E-state index contributed by atoms with van der Waals surface area (Å²) in [5.74, 6) is -0.950. The van der Waals surface area contributed by atoms with Gasteiger partial charge in [-0.15, -0.1) is 0 Å². The third-order valence-electron chi connectivity index (χ3n) is 16.9. The van der Waals surface area contributed by atoms with Gasteiger partial charge in [0.25, 0.3) is 23.6 Å². The number of aliphatic hydroxyl groups is 1. The standard InChI is InChI=1S/C24H27NO4.C18H28N2O4.C16H25NO2.C11H11NO3/c1-15-13-18(14-16(2)17(15)3)21-9-10-22(29-21)28-12-6-11-25-23(26)19-7-4-5-8-20(19)24(25)27;1-12-10-15(11-13(2)14(12)3)16-6-7-17(24-16)23-9-5-8-19-18(21)20(4)22;1-11-9-14(10-12(2)13(11)3)15-5-6-16(19-15)18-8-4-7-17;13-7-3-6-12-10(14)8-4-1-2-5-9(8)11(12)15/h4-5,7-8,13-14,21-22H,6,9-12H2,1-3H3;10-11,16-17,22H,5-9H2,1-4H3,(H,19,21);9-10,15-16H,4-8,17H2,1-3H3;1-2,4-5,13H,3,6-7H2. The quantitative estimate of drug-likeness (QED) is 0.0246. The predicted molar refractivity (Wildman–Crippen MR) is 332 cm³/mol. The summed E-state index contributed by atoms with van der Waals surface area (Å²) in [6, 6.07) is 26.5. The van der Waals surface area contributed by atoms with E-state index < -0.39 is 6.03 Å². The Kier molecular flexibility index (Phi) is 25.3. The number of carbonyl (C=O) groups is 5. The maximum atomic E-state index is 12.4. The minimum atomic E-state index is -0.516. The van der Waals surface area contributed by atoms with Crippen molar-refractivity contribution < 1.29 is 62.7 Å².